The maximum atomic E-state index is 5.53. The van der Waals surface area contributed by atoms with Crippen LogP contribution in [0.4, 0.5) is 0 Å². The minimum atomic E-state index is -0.0580. The van der Waals surface area contributed by atoms with Crippen LogP contribution in [0.15, 0.2) is 182 Å². The van der Waals surface area contributed by atoms with Crippen LogP contribution < -0.4 is 0 Å². The summed E-state index contributed by atoms with van der Waals surface area (Å²) < 4.78 is 2.21. The first-order chi connectivity index (χ1) is 26.5. The van der Waals surface area contributed by atoms with E-state index in [1.165, 1.54) is 22.3 Å². The number of imidazole rings is 1. The Labute approximate surface area is 315 Å². The van der Waals surface area contributed by atoms with Crippen LogP contribution in [-0.4, -0.2) is 19.5 Å². The van der Waals surface area contributed by atoms with Gasteiger partial charge in [-0.15, -0.1) is 0 Å². The Bertz CT molecular complexity index is 2840. The summed E-state index contributed by atoms with van der Waals surface area (Å²) in [6.07, 6.45) is 5.67. The minimum absolute atomic E-state index is 0.0580. The van der Waals surface area contributed by atoms with Gasteiger partial charge in [-0.2, -0.15) is 0 Å². The van der Waals surface area contributed by atoms with Gasteiger partial charge in [0, 0.05) is 46.4 Å². The summed E-state index contributed by atoms with van der Waals surface area (Å²) in [7, 11) is 0. The predicted molar refractivity (Wildman–Crippen MR) is 221 cm³/mol. The predicted octanol–water partition coefficient (Wildman–Crippen LogP) is 12.5. The summed E-state index contributed by atoms with van der Waals surface area (Å²) in [5.41, 5.74) is 17.8. The van der Waals surface area contributed by atoms with Gasteiger partial charge in [0.2, 0.25) is 0 Å². The molecule has 0 atom stereocenters. The molecule has 9 aromatic rings. The smallest absolute Gasteiger partial charge is 0.165 e. The molecule has 0 amide bonds. The highest BCUT2D eigenvalue weighted by Gasteiger charge is 2.35. The van der Waals surface area contributed by atoms with E-state index in [2.05, 4.69) is 175 Å². The van der Waals surface area contributed by atoms with Crippen LogP contribution in [0.1, 0.15) is 25.0 Å². The second-order valence-electron chi connectivity index (χ2n) is 14.5. The Morgan fingerprint density at radius 1 is 0.444 bits per heavy atom. The molecule has 0 saturated carbocycles. The highest BCUT2D eigenvalue weighted by molar-refractivity contribution is 5.98. The van der Waals surface area contributed by atoms with Crippen LogP contribution in [0.2, 0.25) is 0 Å². The van der Waals surface area contributed by atoms with Crippen LogP contribution in [-0.2, 0) is 5.41 Å². The van der Waals surface area contributed by atoms with Gasteiger partial charge >= 0.3 is 0 Å². The molecule has 3 aromatic heterocycles. The van der Waals surface area contributed by atoms with Gasteiger partial charge in [0.05, 0.1) is 0 Å². The first-order valence-electron chi connectivity index (χ1n) is 18.4. The normalized spacial score (nSPS) is 12.8. The molecule has 10 rings (SSSR count). The molecule has 0 saturated heterocycles. The number of hydrogen-bond donors (Lipinski definition) is 0. The van der Waals surface area contributed by atoms with Crippen molar-refractivity contribution in [3.05, 3.63) is 194 Å². The van der Waals surface area contributed by atoms with Gasteiger partial charge in [-0.1, -0.05) is 129 Å². The van der Waals surface area contributed by atoms with E-state index in [1.807, 2.05) is 30.7 Å². The molecule has 0 aliphatic heterocycles. The number of para-hydroxylation sites is 1. The number of aromatic nitrogens is 4. The van der Waals surface area contributed by atoms with Crippen molar-refractivity contribution in [3.8, 4) is 72.7 Å². The van der Waals surface area contributed by atoms with E-state index >= 15 is 0 Å². The largest absolute Gasteiger partial charge is 0.277 e. The molecule has 0 radical (unpaired) electrons. The molecular formula is C50H36N4. The Morgan fingerprint density at radius 2 is 1.09 bits per heavy atom. The zero-order valence-corrected chi connectivity index (χ0v) is 30.1. The number of rotatable bonds is 6. The van der Waals surface area contributed by atoms with Crippen LogP contribution in [0.3, 0.4) is 0 Å². The Kier molecular flexibility index (Phi) is 7.44. The summed E-state index contributed by atoms with van der Waals surface area (Å²) >= 11 is 0. The standard InChI is InChI=1S/C50H36N4/c1-50(2)45-22-12-11-21-42(45)44-31-34(23-24-46(44)50)36-28-37(35-16-13-26-51-32-35)30-38(29-36)48-53-47-43(25-27-52-49(47)54(48)39-17-7-4-8-18-39)41-20-10-9-19-40(41)33-14-5-3-6-15-33/h3-32H,1-2H3. The number of pyridine rings is 2. The molecule has 0 fully saturated rings. The van der Waals surface area contributed by atoms with Crippen LogP contribution in [0.5, 0.6) is 0 Å². The van der Waals surface area contributed by atoms with Crippen molar-refractivity contribution in [2.45, 2.75) is 19.3 Å². The molecule has 0 unspecified atom stereocenters. The van der Waals surface area contributed by atoms with Gasteiger partial charge in [0.25, 0.3) is 0 Å². The Hall–Kier alpha value is -6.91. The summed E-state index contributed by atoms with van der Waals surface area (Å²) in [4.78, 5) is 15.1. The second-order valence-corrected chi connectivity index (χ2v) is 14.5. The van der Waals surface area contributed by atoms with E-state index < -0.39 is 0 Å². The van der Waals surface area contributed by atoms with Crippen molar-refractivity contribution < 1.29 is 0 Å². The first-order valence-corrected chi connectivity index (χ1v) is 18.4. The lowest BCUT2D eigenvalue weighted by Gasteiger charge is -2.21. The molecule has 0 spiro atoms. The summed E-state index contributed by atoms with van der Waals surface area (Å²) in [6, 6.07) is 58.4. The van der Waals surface area contributed by atoms with Crippen molar-refractivity contribution in [3.63, 3.8) is 0 Å². The Morgan fingerprint density at radius 3 is 1.87 bits per heavy atom. The molecule has 4 nitrogen and oxygen atoms in total. The summed E-state index contributed by atoms with van der Waals surface area (Å²) in [6.45, 7) is 4.65. The third kappa shape index (κ3) is 5.18. The van der Waals surface area contributed by atoms with Crippen molar-refractivity contribution in [2.75, 3.05) is 0 Å². The third-order valence-electron chi connectivity index (χ3n) is 11.0. The zero-order valence-electron chi connectivity index (χ0n) is 30.1. The van der Waals surface area contributed by atoms with Crippen molar-refractivity contribution in [2.24, 2.45) is 0 Å². The monoisotopic (exact) mass is 692 g/mol. The molecule has 54 heavy (non-hydrogen) atoms. The topological polar surface area (TPSA) is 43.6 Å². The number of hydrogen-bond acceptors (Lipinski definition) is 3. The fourth-order valence-corrected chi connectivity index (χ4v) is 8.32. The lowest BCUT2D eigenvalue weighted by Crippen LogP contribution is -2.14. The zero-order chi connectivity index (χ0) is 36.2. The molecule has 256 valence electrons. The van der Waals surface area contributed by atoms with E-state index in [4.69, 9.17) is 9.97 Å². The van der Waals surface area contributed by atoms with E-state index in [0.717, 1.165) is 72.7 Å². The van der Waals surface area contributed by atoms with E-state index in [0.29, 0.717) is 0 Å². The minimum Gasteiger partial charge on any atom is -0.277 e. The Balaban J connectivity index is 1.22. The molecule has 4 heteroatoms. The van der Waals surface area contributed by atoms with Gasteiger partial charge in [-0.3, -0.25) is 9.55 Å². The fourth-order valence-electron chi connectivity index (χ4n) is 8.32. The van der Waals surface area contributed by atoms with E-state index in [9.17, 15) is 0 Å². The highest BCUT2D eigenvalue weighted by atomic mass is 15.1. The lowest BCUT2D eigenvalue weighted by atomic mass is 9.82. The molecule has 6 aromatic carbocycles. The maximum absolute atomic E-state index is 5.53. The quantitative estimate of drug-likeness (QED) is 0.174. The summed E-state index contributed by atoms with van der Waals surface area (Å²) in [5.74, 6) is 0.827. The number of nitrogens with zero attached hydrogens (tertiary/aromatic N) is 4. The summed E-state index contributed by atoms with van der Waals surface area (Å²) in [5, 5.41) is 0. The highest BCUT2D eigenvalue weighted by Crippen LogP contribution is 2.50. The van der Waals surface area contributed by atoms with Crippen LogP contribution in [0, 0.1) is 0 Å². The van der Waals surface area contributed by atoms with Gasteiger partial charge in [-0.05, 0) is 104 Å². The van der Waals surface area contributed by atoms with Gasteiger partial charge in [-0.25, -0.2) is 9.97 Å². The number of fused-ring (bicyclic) bond motifs is 4. The van der Waals surface area contributed by atoms with Crippen molar-refractivity contribution in [1.29, 1.82) is 0 Å². The average molecular weight is 693 g/mol. The first kappa shape index (κ1) is 31.8. The maximum Gasteiger partial charge on any atom is 0.165 e. The molecule has 0 N–H and O–H groups in total. The lowest BCUT2D eigenvalue weighted by molar-refractivity contribution is 0.660. The molecule has 3 heterocycles. The third-order valence-corrected chi connectivity index (χ3v) is 11.0. The van der Waals surface area contributed by atoms with Gasteiger partial charge in [0.15, 0.2) is 5.65 Å². The van der Waals surface area contributed by atoms with Gasteiger partial charge in [0.1, 0.15) is 11.3 Å². The average Bonchev–Trinajstić information content (AvgIpc) is 3.74. The van der Waals surface area contributed by atoms with Crippen molar-refractivity contribution >= 4 is 11.2 Å². The van der Waals surface area contributed by atoms with Gasteiger partial charge < -0.3 is 0 Å². The SMILES string of the molecule is CC1(C)c2ccccc2-c2cc(-c3cc(-c4cccnc4)cc(-c4nc5c(-c6ccccc6-c6ccccc6)ccnc5n4-c4ccccc4)c3)ccc21. The molecule has 0 bridgehead atoms. The van der Waals surface area contributed by atoms with Crippen molar-refractivity contribution in [1.82, 2.24) is 19.5 Å². The van der Waals surface area contributed by atoms with E-state index in [-0.39, 0.29) is 5.41 Å². The second kappa shape index (κ2) is 12.6. The fraction of sp³-hybridized carbons (Fsp3) is 0.0600. The molecule has 1 aliphatic carbocycles. The van der Waals surface area contributed by atoms with Crippen LogP contribution in [0.25, 0.3) is 83.9 Å². The number of benzene rings is 6. The van der Waals surface area contributed by atoms with Crippen LogP contribution >= 0.6 is 0 Å². The van der Waals surface area contributed by atoms with E-state index in [1.54, 1.807) is 0 Å². The molecular weight excluding hydrogens is 657 g/mol. The molecule has 1 aliphatic rings.